The number of ketones is 1. The molecular formula is C11H14ClNO. The Morgan fingerprint density at radius 3 is 2.50 bits per heavy atom. The van der Waals surface area contributed by atoms with Crippen molar-refractivity contribution in [3.63, 3.8) is 0 Å². The summed E-state index contributed by atoms with van der Waals surface area (Å²) in [7, 11) is 0. The highest BCUT2D eigenvalue weighted by Crippen LogP contribution is 2.23. The first-order valence-electron chi connectivity index (χ1n) is 4.57. The lowest BCUT2D eigenvalue weighted by Gasteiger charge is -2.11. The van der Waals surface area contributed by atoms with Gasteiger partial charge in [-0.1, -0.05) is 11.6 Å². The summed E-state index contributed by atoms with van der Waals surface area (Å²) in [6.07, 6.45) is 0. The number of anilines is 1. The van der Waals surface area contributed by atoms with Crippen molar-refractivity contribution in [3.05, 3.63) is 28.8 Å². The van der Waals surface area contributed by atoms with Gasteiger partial charge in [0.25, 0.3) is 0 Å². The Balaban J connectivity index is 2.95. The maximum atomic E-state index is 11.1. The van der Waals surface area contributed by atoms with E-state index in [9.17, 15) is 4.79 Å². The van der Waals surface area contributed by atoms with Crippen molar-refractivity contribution < 1.29 is 4.79 Å². The fraction of sp³-hybridized carbons (Fsp3) is 0.364. The number of halogens is 1. The minimum absolute atomic E-state index is 0.0306. The standard InChI is InChI=1S/C11H14ClNO/c1-7(2)13-11-5-4-9(8(3)14)6-10(11)12/h4-7,13H,1-3H3. The molecule has 0 aliphatic rings. The van der Waals surface area contributed by atoms with E-state index in [1.165, 1.54) is 6.92 Å². The molecule has 0 saturated carbocycles. The summed E-state index contributed by atoms with van der Waals surface area (Å²) < 4.78 is 0. The largest absolute Gasteiger partial charge is 0.382 e. The van der Waals surface area contributed by atoms with Crippen molar-refractivity contribution in [1.29, 1.82) is 0 Å². The predicted octanol–water partition coefficient (Wildman–Crippen LogP) is 3.36. The summed E-state index contributed by atoms with van der Waals surface area (Å²) in [6, 6.07) is 5.63. The molecule has 1 rings (SSSR count). The fourth-order valence-electron chi connectivity index (χ4n) is 1.16. The lowest BCUT2D eigenvalue weighted by molar-refractivity contribution is 0.101. The molecule has 0 bridgehead atoms. The van der Waals surface area contributed by atoms with E-state index in [1.54, 1.807) is 12.1 Å². The lowest BCUT2D eigenvalue weighted by atomic mass is 10.1. The molecule has 1 aromatic rings. The van der Waals surface area contributed by atoms with Crippen LogP contribution in [0, 0.1) is 0 Å². The van der Waals surface area contributed by atoms with E-state index in [4.69, 9.17) is 11.6 Å². The second kappa shape index (κ2) is 4.47. The number of carbonyl (C=O) groups excluding carboxylic acids is 1. The average Bonchev–Trinajstić information content (AvgIpc) is 2.07. The molecule has 0 aliphatic heterocycles. The van der Waals surface area contributed by atoms with E-state index in [0.717, 1.165) is 5.69 Å². The Morgan fingerprint density at radius 2 is 2.07 bits per heavy atom. The monoisotopic (exact) mass is 211 g/mol. The van der Waals surface area contributed by atoms with E-state index < -0.39 is 0 Å². The highest BCUT2D eigenvalue weighted by Gasteiger charge is 2.05. The molecule has 1 N–H and O–H groups in total. The topological polar surface area (TPSA) is 29.1 Å². The number of Topliss-reactive ketones (excluding diaryl/α,β-unsaturated/α-hetero) is 1. The zero-order valence-corrected chi connectivity index (χ0v) is 9.35. The SMILES string of the molecule is CC(=O)c1ccc(NC(C)C)c(Cl)c1. The fourth-order valence-corrected chi connectivity index (χ4v) is 1.40. The smallest absolute Gasteiger partial charge is 0.159 e. The Labute approximate surface area is 89.3 Å². The molecule has 2 nitrogen and oxygen atoms in total. The summed E-state index contributed by atoms with van der Waals surface area (Å²) in [4.78, 5) is 11.1. The minimum Gasteiger partial charge on any atom is -0.382 e. The van der Waals surface area contributed by atoms with E-state index in [-0.39, 0.29) is 5.78 Å². The lowest BCUT2D eigenvalue weighted by Crippen LogP contribution is -2.10. The van der Waals surface area contributed by atoms with E-state index in [0.29, 0.717) is 16.6 Å². The maximum absolute atomic E-state index is 11.1. The average molecular weight is 212 g/mol. The third kappa shape index (κ3) is 2.74. The predicted molar refractivity (Wildman–Crippen MR) is 60.2 cm³/mol. The number of nitrogens with one attached hydrogen (secondary N) is 1. The molecule has 1 aromatic carbocycles. The van der Waals surface area contributed by atoms with Crippen LogP contribution in [-0.2, 0) is 0 Å². The van der Waals surface area contributed by atoms with Crippen molar-refractivity contribution >= 4 is 23.1 Å². The van der Waals surface area contributed by atoms with Crippen LogP contribution in [0.2, 0.25) is 5.02 Å². The van der Waals surface area contributed by atoms with Gasteiger partial charge in [-0.2, -0.15) is 0 Å². The summed E-state index contributed by atoms with van der Waals surface area (Å²) in [5.74, 6) is 0.0306. The van der Waals surface area contributed by atoms with Crippen LogP contribution in [0.15, 0.2) is 18.2 Å². The van der Waals surface area contributed by atoms with Crippen LogP contribution in [0.25, 0.3) is 0 Å². The van der Waals surface area contributed by atoms with Gasteiger partial charge in [-0.3, -0.25) is 4.79 Å². The Bertz CT molecular complexity index is 347. The van der Waals surface area contributed by atoms with Gasteiger partial charge in [0.1, 0.15) is 0 Å². The number of rotatable bonds is 3. The second-order valence-corrected chi connectivity index (χ2v) is 3.96. The van der Waals surface area contributed by atoms with Crippen LogP contribution in [-0.4, -0.2) is 11.8 Å². The summed E-state index contributed by atoms with van der Waals surface area (Å²) in [6.45, 7) is 5.60. The van der Waals surface area contributed by atoms with Gasteiger partial charge in [0.2, 0.25) is 0 Å². The highest BCUT2D eigenvalue weighted by molar-refractivity contribution is 6.33. The molecule has 0 saturated heterocycles. The van der Waals surface area contributed by atoms with E-state index >= 15 is 0 Å². The number of benzene rings is 1. The van der Waals surface area contributed by atoms with Crippen LogP contribution >= 0.6 is 11.6 Å². The zero-order chi connectivity index (χ0) is 10.7. The molecule has 0 fully saturated rings. The molecule has 14 heavy (non-hydrogen) atoms. The maximum Gasteiger partial charge on any atom is 0.159 e. The molecule has 0 aliphatic carbocycles. The third-order valence-corrected chi connectivity index (χ3v) is 2.13. The first kappa shape index (κ1) is 11.1. The summed E-state index contributed by atoms with van der Waals surface area (Å²) in [5, 5.41) is 3.79. The van der Waals surface area contributed by atoms with Gasteiger partial charge in [0.15, 0.2) is 5.78 Å². The van der Waals surface area contributed by atoms with Crippen molar-refractivity contribution in [2.45, 2.75) is 26.8 Å². The van der Waals surface area contributed by atoms with Crippen molar-refractivity contribution in [1.82, 2.24) is 0 Å². The molecule has 3 heteroatoms. The van der Waals surface area contributed by atoms with Gasteiger partial charge in [-0.15, -0.1) is 0 Å². The molecule has 0 amide bonds. The Kier molecular flexibility index (Phi) is 3.53. The summed E-state index contributed by atoms with van der Waals surface area (Å²) in [5.41, 5.74) is 1.51. The van der Waals surface area contributed by atoms with Crippen LogP contribution in [0.5, 0.6) is 0 Å². The Hall–Kier alpha value is -1.02. The van der Waals surface area contributed by atoms with Gasteiger partial charge in [0.05, 0.1) is 10.7 Å². The van der Waals surface area contributed by atoms with Gasteiger partial charge in [0, 0.05) is 11.6 Å². The molecule has 76 valence electrons. The van der Waals surface area contributed by atoms with Crippen molar-refractivity contribution in [2.75, 3.05) is 5.32 Å². The number of hydrogen-bond donors (Lipinski definition) is 1. The number of hydrogen-bond acceptors (Lipinski definition) is 2. The van der Waals surface area contributed by atoms with Gasteiger partial charge in [-0.25, -0.2) is 0 Å². The summed E-state index contributed by atoms with van der Waals surface area (Å²) >= 11 is 6.00. The highest BCUT2D eigenvalue weighted by atomic mass is 35.5. The molecule has 0 unspecified atom stereocenters. The zero-order valence-electron chi connectivity index (χ0n) is 8.60. The molecule has 0 heterocycles. The molecular weight excluding hydrogens is 198 g/mol. The van der Waals surface area contributed by atoms with Crippen LogP contribution < -0.4 is 5.32 Å². The van der Waals surface area contributed by atoms with Gasteiger partial charge >= 0.3 is 0 Å². The minimum atomic E-state index is 0.0306. The van der Waals surface area contributed by atoms with Gasteiger partial charge in [-0.05, 0) is 39.0 Å². The van der Waals surface area contributed by atoms with Crippen LogP contribution in [0.3, 0.4) is 0 Å². The quantitative estimate of drug-likeness (QED) is 0.777. The van der Waals surface area contributed by atoms with Crippen LogP contribution in [0.4, 0.5) is 5.69 Å². The van der Waals surface area contributed by atoms with Crippen molar-refractivity contribution in [3.8, 4) is 0 Å². The van der Waals surface area contributed by atoms with Crippen LogP contribution in [0.1, 0.15) is 31.1 Å². The Morgan fingerprint density at radius 1 is 1.43 bits per heavy atom. The number of carbonyl (C=O) groups is 1. The molecule has 0 spiro atoms. The molecule has 0 radical (unpaired) electrons. The normalized spacial score (nSPS) is 10.4. The van der Waals surface area contributed by atoms with E-state index in [1.807, 2.05) is 19.9 Å². The first-order valence-corrected chi connectivity index (χ1v) is 4.95. The second-order valence-electron chi connectivity index (χ2n) is 3.55. The van der Waals surface area contributed by atoms with E-state index in [2.05, 4.69) is 5.32 Å². The third-order valence-electron chi connectivity index (χ3n) is 1.82. The molecule has 0 atom stereocenters. The first-order chi connectivity index (χ1) is 6.50. The van der Waals surface area contributed by atoms with Gasteiger partial charge < -0.3 is 5.32 Å². The van der Waals surface area contributed by atoms with Crippen molar-refractivity contribution in [2.24, 2.45) is 0 Å². The molecule has 0 aromatic heterocycles.